The molecule has 1 aliphatic rings. The van der Waals surface area contributed by atoms with Gasteiger partial charge in [-0.3, -0.25) is 9.78 Å². The van der Waals surface area contributed by atoms with Crippen molar-refractivity contribution in [2.24, 2.45) is 0 Å². The Labute approximate surface area is 172 Å². The molecule has 1 aromatic heterocycles. The molecule has 4 N–H and O–H groups in total. The number of nitrogens with zero attached hydrogens (tertiary/aromatic N) is 1. The summed E-state index contributed by atoms with van der Waals surface area (Å²) in [5.74, 6) is -1.79. The maximum Gasteiger partial charge on any atom is 0.335 e. The fraction of sp³-hybridized carbons (Fsp3) is 0.381. The molecule has 5 atom stereocenters. The van der Waals surface area contributed by atoms with Gasteiger partial charge >= 0.3 is 5.97 Å². The second-order valence-electron chi connectivity index (χ2n) is 7.54. The van der Waals surface area contributed by atoms with E-state index in [0.29, 0.717) is 5.56 Å². The molecule has 0 amide bonds. The number of ether oxygens (including phenoxy) is 2. The van der Waals surface area contributed by atoms with E-state index in [0.717, 1.165) is 0 Å². The van der Waals surface area contributed by atoms with Crippen LogP contribution in [0.2, 0.25) is 0 Å². The number of aromatic nitrogens is 1. The van der Waals surface area contributed by atoms with Crippen LogP contribution >= 0.6 is 0 Å². The standard InChI is InChI=1S/C21H23NO8/c1-21(2,11-6-5-9-22-10-11)18(26)12-7-3-4-8-13(12)29-20-16(25)14(23)15(24)17(30-20)19(27)28/h3-10,14-17,20,23-25H,1-2H3,(H,27,28)/t14-,15-,16+,17-,20+/m0/s1. The van der Waals surface area contributed by atoms with E-state index in [-0.39, 0.29) is 17.1 Å². The monoisotopic (exact) mass is 417 g/mol. The van der Waals surface area contributed by atoms with E-state index < -0.39 is 42.1 Å². The van der Waals surface area contributed by atoms with Gasteiger partial charge in [-0.2, -0.15) is 0 Å². The first-order valence-corrected chi connectivity index (χ1v) is 9.28. The van der Waals surface area contributed by atoms with E-state index in [2.05, 4.69) is 4.98 Å². The van der Waals surface area contributed by atoms with E-state index in [1.165, 1.54) is 12.1 Å². The molecule has 0 radical (unpaired) electrons. The summed E-state index contributed by atoms with van der Waals surface area (Å²) in [4.78, 5) is 28.6. The summed E-state index contributed by atoms with van der Waals surface area (Å²) in [5.41, 5.74) is -0.100. The average molecular weight is 417 g/mol. The van der Waals surface area contributed by atoms with Gasteiger partial charge in [-0.05, 0) is 37.6 Å². The minimum absolute atomic E-state index is 0.0382. The third kappa shape index (κ3) is 4.05. The molecule has 0 spiro atoms. The number of aliphatic hydroxyl groups excluding tert-OH is 3. The molecule has 1 fully saturated rings. The van der Waals surface area contributed by atoms with Crippen LogP contribution in [0, 0.1) is 0 Å². The smallest absolute Gasteiger partial charge is 0.335 e. The maximum absolute atomic E-state index is 13.3. The van der Waals surface area contributed by atoms with Crippen LogP contribution < -0.4 is 4.74 Å². The fourth-order valence-corrected chi connectivity index (χ4v) is 3.23. The molecule has 160 valence electrons. The summed E-state index contributed by atoms with van der Waals surface area (Å²) >= 11 is 0. The van der Waals surface area contributed by atoms with Crippen molar-refractivity contribution in [3.8, 4) is 5.75 Å². The first-order valence-electron chi connectivity index (χ1n) is 9.28. The topological polar surface area (TPSA) is 146 Å². The van der Waals surface area contributed by atoms with Gasteiger partial charge in [-0.1, -0.05) is 18.2 Å². The van der Waals surface area contributed by atoms with Crippen molar-refractivity contribution >= 4 is 11.8 Å². The molecular formula is C21H23NO8. The maximum atomic E-state index is 13.3. The van der Waals surface area contributed by atoms with Crippen LogP contribution in [0.1, 0.15) is 29.8 Å². The molecule has 0 aliphatic carbocycles. The molecule has 3 rings (SSSR count). The molecule has 0 unspecified atom stereocenters. The number of ketones is 1. The number of carboxylic acid groups (broad SMARTS) is 1. The number of hydrogen-bond acceptors (Lipinski definition) is 8. The Kier molecular flexibility index (Phi) is 6.18. The molecule has 9 heteroatoms. The lowest BCUT2D eigenvalue weighted by atomic mass is 9.78. The molecule has 2 aromatic rings. The Morgan fingerprint density at radius 2 is 1.73 bits per heavy atom. The number of pyridine rings is 1. The minimum atomic E-state index is -1.83. The van der Waals surface area contributed by atoms with E-state index >= 15 is 0 Å². The third-order valence-electron chi connectivity index (χ3n) is 5.14. The Morgan fingerprint density at radius 1 is 1.03 bits per heavy atom. The summed E-state index contributed by atoms with van der Waals surface area (Å²) < 4.78 is 10.8. The van der Waals surface area contributed by atoms with Crippen molar-refractivity contribution in [2.45, 2.75) is 50.0 Å². The van der Waals surface area contributed by atoms with Crippen LogP contribution in [0.15, 0.2) is 48.8 Å². The molecule has 0 saturated carbocycles. The Balaban J connectivity index is 1.90. The molecule has 2 heterocycles. The van der Waals surface area contributed by atoms with Gasteiger partial charge in [0.2, 0.25) is 6.29 Å². The quantitative estimate of drug-likeness (QED) is 0.494. The summed E-state index contributed by atoms with van der Waals surface area (Å²) in [6, 6.07) is 9.73. The highest BCUT2D eigenvalue weighted by Gasteiger charge is 2.48. The van der Waals surface area contributed by atoms with Crippen molar-refractivity contribution in [3.63, 3.8) is 0 Å². The predicted octanol–water partition coefficient (Wildman–Crippen LogP) is 0.513. The Bertz CT molecular complexity index is 916. The highest BCUT2D eigenvalue weighted by molar-refractivity contribution is 6.05. The average Bonchev–Trinajstić information content (AvgIpc) is 2.74. The van der Waals surface area contributed by atoms with Crippen LogP contribution in [-0.4, -0.2) is 67.9 Å². The zero-order valence-corrected chi connectivity index (χ0v) is 16.4. The Hall–Kier alpha value is -2.85. The van der Waals surface area contributed by atoms with Gasteiger partial charge in [0.25, 0.3) is 0 Å². The molecular weight excluding hydrogens is 394 g/mol. The molecule has 1 saturated heterocycles. The van der Waals surface area contributed by atoms with Crippen LogP contribution in [0.25, 0.3) is 0 Å². The first kappa shape index (κ1) is 21.8. The van der Waals surface area contributed by atoms with Crippen molar-refractivity contribution in [3.05, 3.63) is 59.9 Å². The SMILES string of the molecule is CC(C)(C(=O)c1ccccc1O[C@@H]1O[C@H](C(=O)O)[C@@H](O)[C@H](O)[C@H]1O)c1cccnc1. The summed E-state index contributed by atoms with van der Waals surface area (Å²) in [6.45, 7) is 3.46. The Morgan fingerprint density at radius 3 is 2.37 bits per heavy atom. The zero-order chi connectivity index (χ0) is 22.1. The van der Waals surface area contributed by atoms with Gasteiger partial charge in [-0.15, -0.1) is 0 Å². The number of hydrogen-bond donors (Lipinski definition) is 4. The summed E-state index contributed by atoms with van der Waals surface area (Å²) in [7, 11) is 0. The van der Waals surface area contributed by atoms with Gasteiger partial charge in [0, 0.05) is 12.4 Å². The second kappa shape index (κ2) is 8.49. The van der Waals surface area contributed by atoms with Gasteiger partial charge in [0.05, 0.1) is 11.0 Å². The lowest BCUT2D eigenvalue weighted by molar-refractivity contribution is -0.271. The number of aliphatic carboxylic acids is 1. The van der Waals surface area contributed by atoms with Crippen LogP contribution in [0.3, 0.4) is 0 Å². The summed E-state index contributed by atoms with van der Waals surface area (Å²) in [6.07, 6.45) is -5.60. The van der Waals surface area contributed by atoms with Crippen molar-refractivity contribution in [2.75, 3.05) is 0 Å². The zero-order valence-electron chi connectivity index (χ0n) is 16.4. The van der Waals surface area contributed by atoms with Crippen LogP contribution in [-0.2, 0) is 14.9 Å². The first-order chi connectivity index (χ1) is 14.1. The third-order valence-corrected chi connectivity index (χ3v) is 5.14. The van der Waals surface area contributed by atoms with Gasteiger partial charge < -0.3 is 29.9 Å². The molecule has 30 heavy (non-hydrogen) atoms. The number of benzene rings is 1. The number of rotatable bonds is 6. The van der Waals surface area contributed by atoms with E-state index in [9.17, 15) is 30.0 Å². The molecule has 1 aromatic carbocycles. The second-order valence-corrected chi connectivity index (χ2v) is 7.54. The van der Waals surface area contributed by atoms with E-state index in [4.69, 9.17) is 9.47 Å². The van der Waals surface area contributed by atoms with Gasteiger partial charge in [0.15, 0.2) is 11.9 Å². The van der Waals surface area contributed by atoms with Crippen LogP contribution in [0.5, 0.6) is 5.75 Å². The van der Waals surface area contributed by atoms with Crippen molar-refractivity contribution < 1.29 is 39.5 Å². The minimum Gasteiger partial charge on any atom is -0.479 e. The molecule has 1 aliphatic heterocycles. The predicted molar refractivity (Wildman–Crippen MR) is 103 cm³/mol. The lowest BCUT2D eigenvalue weighted by Gasteiger charge is -2.38. The van der Waals surface area contributed by atoms with Crippen molar-refractivity contribution in [1.82, 2.24) is 4.98 Å². The highest BCUT2D eigenvalue weighted by atomic mass is 16.7. The largest absolute Gasteiger partial charge is 0.479 e. The summed E-state index contributed by atoms with van der Waals surface area (Å²) in [5, 5.41) is 39.1. The number of para-hydroxylation sites is 1. The van der Waals surface area contributed by atoms with Gasteiger partial charge in [-0.25, -0.2) is 4.79 Å². The van der Waals surface area contributed by atoms with Crippen LogP contribution in [0.4, 0.5) is 0 Å². The normalized spacial score (nSPS) is 26.8. The molecule has 9 nitrogen and oxygen atoms in total. The number of carboxylic acids is 1. The number of aliphatic hydroxyl groups is 3. The number of Topliss-reactive ketones (excluding diaryl/α,β-unsaturated/α-hetero) is 1. The lowest BCUT2D eigenvalue weighted by Crippen LogP contribution is -2.61. The molecule has 0 bridgehead atoms. The van der Waals surface area contributed by atoms with E-state index in [1.54, 1.807) is 50.5 Å². The number of carbonyl (C=O) groups is 2. The van der Waals surface area contributed by atoms with Gasteiger partial charge in [0.1, 0.15) is 24.1 Å². The van der Waals surface area contributed by atoms with Crippen molar-refractivity contribution in [1.29, 1.82) is 0 Å². The highest BCUT2D eigenvalue weighted by Crippen LogP contribution is 2.33. The van der Waals surface area contributed by atoms with E-state index in [1.807, 2.05) is 0 Å². The number of carbonyl (C=O) groups excluding carboxylic acids is 1. The fourth-order valence-electron chi connectivity index (χ4n) is 3.23.